The normalized spacial score (nSPS) is 26.1. The maximum atomic E-state index is 2.38. The predicted octanol–water partition coefficient (Wildman–Crippen LogP) is 4.84. The van der Waals surface area contributed by atoms with Crippen LogP contribution in [0.3, 0.4) is 0 Å². The van der Waals surface area contributed by atoms with Gasteiger partial charge in [-0.3, -0.25) is 0 Å². The van der Waals surface area contributed by atoms with Crippen LogP contribution in [0, 0.1) is 12.8 Å². The van der Waals surface area contributed by atoms with E-state index in [-0.39, 0.29) is 0 Å². The molecule has 0 radical (unpaired) electrons. The van der Waals surface area contributed by atoms with Crippen LogP contribution in [0.5, 0.6) is 0 Å². The zero-order chi connectivity index (χ0) is 11.4. The molecule has 0 heterocycles. The molecule has 1 aromatic carbocycles. The second-order valence-corrected chi connectivity index (χ2v) is 5.05. The van der Waals surface area contributed by atoms with Crippen LogP contribution in [0.15, 0.2) is 36.4 Å². The summed E-state index contributed by atoms with van der Waals surface area (Å²) in [6.07, 6.45) is 10.0. The molecule has 1 aliphatic carbocycles. The van der Waals surface area contributed by atoms with E-state index in [0.29, 0.717) is 0 Å². The van der Waals surface area contributed by atoms with Gasteiger partial charge in [0.1, 0.15) is 0 Å². The second-order valence-electron chi connectivity index (χ2n) is 5.05. The van der Waals surface area contributed by atoms with Crippen LogP contribution in [0.25, 0.3) is 0 Å². The number of benzene rings is 1. The first-order chi connectivity index (χ1) is 7.79. The third-order valence-electron chi connectivity index (χ3n) is 3.79. The van der Waals surface area contributed by atoms with Gasteiger partial charge in [-0.05, 0) is 56.9 Å². The highest BCUT2D eigenvalue weighted by Crippen LogP contribution is 2.36. The minimum atomic E-state index is 0.808. The zero-order valence-electron chi connectivity index (χ0n) is 10.4. The fourth-order valence-electron chi connectivity index (χ4n) is 2.76. The summed E-state index contributed by atoms with van der Waals surface area (Å²) in [7, 11) is 0. The summed E-state index contributed by atoms with van der Waals surface area (Å²) in [6.45, 7) is 4.29. The molecule has 0 saturated heterocycles. The van der Waals surface area contributed by atoms with Crippen LogP contribution >= 0.6 is 0 Å². The van der Waals surface area contributed by atoms with Crippen molar-refractivity contribution in [2.24, 2.45) is 5.92 Å². The molecule has 0 nitrogen and oxygen atoms in total. The van der Waals surface area contributed by atoms with E-state index in [0.717, 1.165) is 11.8 Å². The van der Waals surface area contributed by atoms with Gasteiger partial charge >= 0.3 is 0 Å². The number of allylic oxidation sites excluding steroid dienone is 2. The van der Waals surface area contributed by atoms with Gasteiger partial charge in [0.25, 0.3) is 0 Å². The molecule has 0 atom stereocenters. The van der Waals surface area contributed by atoms with Crippen molar-refractivity contribution >= 4 is 0 Å². The predicted molar refractivity (Wildman–Crippen MR) is 70.7 cm³/mol. The van der Waals surface area contributed by atoms with Crippen molar-refractivity contribution in [3.05, 3.63) is 47.5 Å². The minimum absolute atomic E-state index is 0.808. The first kappa shape index (κ1) is 11.4. The SMILES string of the molecule is CC=CC1CCC(c2ccc(C)cc2)CC1. The van der Waals surface area contributed by atoms with Gasteiger partial charge in [0.05, 0.1) is 0 Å². The monoisotopic (exact) mass is 214 g/mol. The van der Waals surface area contributed by atoms with Crippen molar-refractivity contribution in [1.29, 1.82) is 0 Å². The summed E-state index contributed by atoms with van der Waals surface area (Å²) >= 11 is 0. The fourth-order valence-corrected chi connectivity index (χ4v) is 2.76. The number of hydrogen-bond acceptors (Lipinski definition) is 0. The van der Waals surface area contributed by atoms with E-state index in [1.807, 2.05) is 0 Å². The van der Waals surface area contributed by atoms with E-state index >= 15 is 0 Å². The van der Waals surface area contributed by atoms with Crippen molar-refractivity contribution in [3.63, 3.8) is 0 Å². The third kappa shape index (κ3) is 2.75. The van der Waals surface area contributed by atoms with Crippen molar-refractivity contribution in [2.75, 3.05) is 0 Å². The number of aryl methyl sites for hydroxylation is 1. The van der Waals surface area contributed by atoms with Gasteiger partial charge in [-0.25, -0.2) is 0 Å². The second kappa shape index (κ2) is 5.34. The molecule has 0 heteroatoms. The van der Waals surface area contributed by atoms with Crippen molar-refractivity contribution in [1.82, 2.24) is 0 Å². The first-order valence-corrected chi connectivity index (χ1v) is 6.49. The van der Waals surface area contributed by atoms with E-state index in [1.54, 1.807) is 5.56 Å². The van der Waals surface area contributed by atoms with Gasteiger partial charge in [-0.1, -0.05) is 42.0 Å². The lowest BCUT2D eigenvalue weighted by Gasteiger charge is -2.27. The molecule has 2 rings (SSSR count). The molecule has 0 aliphatic heterocycles. The summed E-state index contributed by atoms with van der Waals surface area (Å²) < 4.78 is 0. The zero-order valence-corrected chi connectivity index (χ0v) is 10.4. The molecule has 1 aliphatic rings. The Kier molecular flexibility index (Phi) is 3.82. The number of rotatable bonds is 2. The Morgan fingerprint density at radius 2 is 1.62 bits per heavy atom. The highest BCUT2D eigenvalue weighted by Gasteiger charge is 2.20. The Bertz CT molecular complexity index is 337. The van der Waals surface area contributed by atoms with Gasteiger partial charge in [-0.2, -0.15) is 0 Å². The topological polar surface area (TPSA) is 0 Å². The van der Waals surface area contributed by atoms with Gasteiger partial charge in [0, 0.05) is 0 Å². The van der Waals surface area contributed by atoms with E-state index in [4.69, 9.17) is 0 Å². The Labute approximate surface area is 99.4 Å². The smallest absolute Gasteiger partial charge is 0.0162 e. The molecule has 0 amide bonds. The maximum Gasteiger partial charge on any atom is -0.0162 e. The summed E-state index contributed by atoms with van der Waals surface area (Å²) in [5.74, 6) is 1.65. The van der Waals surface area contributed by atoms with Gasteiger partial charge in [0.15, 0.2) is 0 Å². The third-order valence-corrected chi connectivity index (χ3v) is 3.79. The lowest BCUT2D eigenvalue weighted by Crippen LogP contribution is -2.11. The molecule has 0 spiro atoms. The van der Waals surface area contributed by atoms with Crippen LogP contribution in [0.4, 0.5) is 0 Å². The average molecular weight is 214 g/mol. The number of hydrogen-bond donors (Lipinski definition) is 0. The van der Waals surface area contributed by atoms with Crippen molar-refractivity contribution < 1.29 is 0 Å². The molecular formula is C16H22. The molecule has 0 N–H and O–H groups in total. The summed E-state index contributed by atoms with van der Waals surface area (Å²) in [6, 6.07) is 9.12. The Morgan fingerprint density at radius 3 is 2.19 bits per heavy atom. The van der Waals surface area contributed by atoms with Crippen LogP contribution in [0.1, 0.15) is 49.7 Å². The average Bonchev–Trinajstić information content (AvgIpc) is 2.32. The summed E-state index contributed by atoms with van der Waals surface area (Å²) in [4.78, 5) is 0. The van der Waals surface area contributed by atoms with Gasteiger partial charge < -0.3 is 0 Å². The lowest BCUT2D eigenvalue weighted by molar-refractivity contribution is 0.375. The van der Waals surface area contributed by atoms with Crippen LogP contribution < -0.4 is 0 Å². The van der Waals surface area contributed by atoms with Gasteiger partial charge in [0.2, 0.25) is 0 Å². The molecule has 1 fully saturated rings. The van der Waals surface area contributed by atoms with Crippen molar-refractivity contribution in [3.8, 4) is 0 Å². The molecule has 1 saturated carbocycles. The molecule has 0 unspecified atom stereocenters. The molecule has 0 aromatic heterocycles. The quantitative estimate of drug-likeness (QED) is 0.618. The van der Waals surface area contributed by atoms with E-state index in [9.17, 15) is 0 Å². The molecule has 16 heavy (non-hydrogen) atoms. The maximum absolute atomic E-state index is 2.38. The molecule has 86 valence electrons. The van der Waals surface area contributed by atoms with Crippen LogP contribution in [-0.4, -0.2) is 0 Å². The molecule has 0 bridgehead atoms. The standard InChI is InChI=1S/C16H22/c1-3-4-14-7-11-16(12-8-14)15-9-5-13(2)6-10-15/h3-6,9-10,14,16H,7-8,11-12H2,1-2H3. The lowest BCUT2D eigenvalue weighted by atomic mass is 9.78. The highest BCUT2D eigenvalue weighted by atomic mass is 14.2. The highest BCUT2D eigenvalue weighted by molar-refractivity contribution is 5.24. The summed E-state index contributed by atoms with van der Waals surface area (Å²) in [5.41, 5.74) is 2.91. The molecular weight excluding hydrogens is 192 g/mol. The summed E-state index contributed by atoms with van der Waals surface area (Å²) in [5, 5.41) is 0. The van der Waals surface area contributed by atoms with Crippen molar-refractivity contribution in [2.45, 2.75) is 45.4 Å². The Balaban J connectivity index is 1.96. The van der Waals surface area contributed by atoms with Gasteiger partial charge in [-0.15, -0.1) is 0 Å². The van der Waals surface area contributed by atoms with E-state index < -0.39 is 0 Å². The minimum Gasteiger partial charge on any atom is -0.0914 e. The fraction of sp³-hybridized carbons (Fsp3) is 0.500. The first-order valence-electron chi connectivity index (χ1n) is 6.49. The van der Waals surface area contributed by atoms with Crippen LogP contribution in [0.2, 0.25) is 0 Å². The van der Waals surface area contributed by atoms with Crippen LogP contribution in [-0.2, 0) is 0 Å². The Hall–Kier alpha value is -1.04. The Morgan fingerprint density at radius 1 is 1.00 bits per heavy atom. The van der Waals surface area contributed by atoms with E-state index in [1.165, 1.54) is 31.2 Å². The van der Waals surface area contributed by atoms with E-state index in [2.05, 4.69) is 50.3 Å². The largest absolute Gasteiger partial charge is 0.0914 e. The molecule has 1 aromatic rings.